The normalized spacial score (nSPS) is 13.3. The highest BCUT2D eigenvalue weighted by Gasteiger charge is 2.26. The third-order valence-corrected chi connectivity index (χ3v) is 4.04. The Morgan fingerprint density at radius 2 is 2.04 bits per heavy atom. The lowest BCUT2D eigenvalue weighted by Crippen LogP contribution is -2.47. The number of hydrogen-bond donors (Lipinski definition) is 1. The SMILES string of the molecule is CC[C@H](C)[C@H](NC(=O)Cn1c(=O)cnc2ccccc21)C(=O)OC. The average molecular weight is 331 g/mol. The Balaban J connectivity index is 2.25. The minimum Gasteiger partial charge on any atom is -0.467 e. The van der Waals surface area contributed by atoms with Crippen molar-refractivity contribution in [2.75, 3.05) is 7.11 Å². The molecule has 2 rings (SSSR count). The summed E-state index contributed by atoms with van der Waals surface area (Å²) in [6.07, 6.45) is 1.89. The molecule has 1 amide bonds. The molecule has 0 spiro atoms. The molecule has 0 radical (unpaired) electrons. The van der Waals surface area contributed by atoms with Crippen LogP contribution in [0.25, 0.3) is 11.0 Å². The van der Waals surface area contributed by atoms with E-state index < -0.39 is 17.9 Å². The van der Waals surface area contributed by atoms with Crippen LogP contribution in [0, 0.1) is 5.92 Å². The lowest BCUT2D eigenvalue weighted by atomic mass is 9.99. The van der Waals surface area contributed by atoms with E-state index in [4.69, 9.17) is 4.74 Å². The number of para-hydroxylation sites is 2. The number of benzene rings is 1. The Morgan fingerprint density at radius 1 is 1.33 bits per heavy atom. The fourth-order valence-electron chi connectivity index (χ4n) is 2.44. The quantitative estimate of drug-likeness (QED) is 0.801. The fraction of sp³-hybridized carbons (Fsp3) is 0.412. The molecule has 24 heavy (non-hydrogen) atoms. The molecule has 0 aliphatic rings. The van der Waals surface area contributed by atoms with Crippen molar-refractivity contribution in [3.05, 3.63) is 40.8 Å². The first kappa shape index (κ1) is 17.7. The Hall–Kier alpha value is -2.70. The summed E-state index contributed by atoms with van der Waals surface area (Å²) in [5.41, 5.74) is 0.816. The molecule has 0 saturated carbocycles. The maximum Gasteiger partial charge on any atom is 0.328 e. The summed E-state index contributed by atoms with van der Waals surface area (Å²) in [7, 11) is 1.28. The Labute approximate surface area is 139 Å². The number of hydrogen-bond acceptors (Lipinski definition) is 5. The molecule has 0 fully saturated rings. The zero-order valence-electron chi connectivity index (χ0n) is 14.0. The van der Waals surface area contributed by atoms with Gasteiger partial charge in [-0.1, -0.05) is 32.4 Å². The van der Waals surface area contributed by atoms with E-state index in [9.17, 15) is 14.4 Å². The lowest BCUT2D eigenvalue weighted by Gasteiger charge is -2.22. The van der Waals surface area contributed by atoms with E-state index >= 15 is 0 Å². The van der Waals surface area contributed by atoms with E-state index in [2.05, 4.69) is 10.3 Å². The van der Waals surface area contributed by atoms with Crippen LogP contribution in [-0.2, 0) is 20.9 Å². The number of rotatable bonds is 6. The number of esters is 1. The van der Waals surface area contributed by atoms with Gasteiger partial charge in [-0.2, -0.15) is 0 Å². The van der Waals surface area contributed by atoms with Gasteiger partial charge in [-0.3, -0.25) is 14.2 Å². The first-order chi connectivity index (χ1) is 11.5. The zero-order chi connectivity index (χ0) is 17.7. The molecule has 0 aliphatic heterocycles. The maximum atomic E-state index is 12.4. The van der Waals surface area contributed by atoms with Gasteiger partial charge in [-0.25, -0.2) is 9.78 Å². The Bertz CT molecular complexity index is 800. The first-order valence-corrected chi connectivity index (χ1v) is 7.79. The molecule has 2 atom stereocenters. The van der Waals surface area contributed by atoms with E-state index in [0.717, 1.165) is 0 Å². The second-order valence-electron chi connectivity index (χ2n) is 5.63. The number of methoxy groups -OCH3 is 1. The van der Waals surface area contributed by atoms with Crippen molar-refractivity contribution in [3.8, 4) is 0 Å². The molecule has 1 aromatic carbocycles. The molecule has 1 aromatic heterocycles. The van der Waals surface area contributed by atoms with Crippen molar-refractivity contribution in [2.24, 2.45) is 5.92 Å². The molecular weight excluding hydrogens is 310 g/mol. The largest absolute Gasteiger partial charge is 0.467 e. The van der Waals surface area contributed by atoms with Gasteiger partial charge in [0.2, 0.25) is 5.91 Å². The summed E-state index contributed by atoms with van der Waals surface area (Å²) in [4.78, 5) is 40.3. The third-order valence-electron chi connectivity index (χ3n) is 4.04. The summed E-state index contributed by atoms with van der Waals surface area (Å²) in [5, 5.41) is 2.67. The van der Waals surface area contributed by atoms with Crippen LogP contribution < -0.4 is 10.9 Å². The van der Waals surface area contributed by atoms with Crippen molar-refractivity contribution in [1.82, 2.24) is 14.9 Å². The van der Waals surface area contributed by atoms with Crippen molar-refractivity contribution < 1.29 is 14.3 Å². The van der Waals surface area contributed by atoms with Crippen LogP contribution in [0.1, 0.15) is 20.3 Å². The highest BCUT2D eigenvalue weighted by Crippen LogP contribution is 2.10. The van der Waals surface area contributed by atoms with Gasteiger partial charge >= 0.3 is 5.97 Å². The van der Waals surface area contributed by atoms with E-state index in [1.54, 1.807) is 24.3 Å². The number of amides is 1. The van der Waals surface area contributed by atoms with Gasteiger partial charge in [-0.05, 0) is 18.1 Å². The number of nitrogens with one attached hydrogen (secondary N) is 1. The van der Waals surface area contributed by atoms with Crippen LogP contribution in [0.5, 0.6) is 0 Å². The van der Waals surface area contributed by atoms with Gasteiger partial charge in [0.15, 0.2) is 0 Å². The summed E-state index contributed by atoms with van der Waals surface area (Å²) < 4.78 is 6.08. The van der Waals surface area contributed by atoms with Gasteiger partial charge in [-0.15, -0.1) is 0 Å². The number of carbonyl (C=O) groups excluding carboxylic acids is 2. The maximum absolute atomic E-state index is 12.4. The zero-order valence-corrected chi connectivity index (χ0v) is 14.0. The van der Waals surface area contributed by atoms with Crippen LogP contribution in [-0.4, -0.2) is 34.6 Å². The van der Waals surface area contributed by atoms with Crippen molar-refractivity contribution in [2.45, 2.75) is 32.9 Å². The Morgan fingerprint density at radius 3 is 2.71 bits per heavy atom. The molecule has 0 unspecified atom stereocenters. The van der Waals surface area contributed by atoms with Crippen LogP contribution in [0.4, 0.5) is 0 Å². The smallest absolute Gasteiger partial charge is 0.328 e. The van der Waals surface area contributed by atoms with Crippen LogP contribution in [0.3, 0.4) is 0 Å². The van der Waals surface area contributed by atoms with Gasteiger partial charge in [0.25, 0.3) is 5.56 Å². The average Bonchev–Trinajstić information content (AvgIpc) is 2.60. The molecule has 0 aliphatic carbocycles. The number of ether oxygens (including phenoxy) is 1. The monoisotopic (exact) mass is 331 g/mol. The molecule has 128 valence electrons. The molecule has 7 heteroatoms. The number of aromatic nitrogens is 2. The first-order valence-electron chi connectivity index (χ1n) is 7.79. The van der Waals surface area contributed by atoms with Crippen molar-refractivity contribution in [1.29, 1.82) is 0 Å². The van der Waals surface area contributed by atoms with E-state index in [0.29, 0.717) is 17.5 Å². The van der Waals surface area contributed by atoms with Gasteiger partial charge < -0.3 is 10.1 Å². The standard InChI is InChI=1S/C17H21N3O4/c1-4-11(2)16(17(23)24-3)19-14(21)10-20-13-8-6-5-7-12(13)18-9-15(20)22/h5-9,11,16H,4,10H2,1-3H3,(H,19,21)/t11-,16-/m0/s1. The van der Waals surface area contributed by atoms with Crippen molar-refractivity contribution >= 4 is 22.9 Å². The van der Waals surface area contributed by atoms with E-state index in [1.807, 2.05) is 13.8 Å². The second-order valence-corrected chi connectivity index (χ2v) is 5.63. The molecule has 1 heterocycles. The third kappa shape index (κ3) is 3.79. The molecule has 0 saturated heterocycles. The molecule has 2 aromatic rings. The number of nitrogens with zero attached hydrogens (tertiary/aromatic N) is 2. The Kier molecular flexibility index (Phi) is 5.68. The van der Waals surface area contributed by atoms with Crippen molar-refractivity contribution in [3.63, 3.8) is 0 Å². The highest BCUT2D eigenvalue weighted by molar-refractivity contribution is 5.85. The highest BCUT2D eigenvalue weighted by atomic mass is 16.5. The van der Waals surface area contributed by atoms with Gasteiger partial charge in [0, 0.05) is 0 Å². The molecule has 1 N–H and O–H groups in total. The molecule has 7 nitrogen and oxygen atoms in total. The van der Waals surface area contributed by atoms with Gasteiger partial charge in [0.1, 0.15) is 12.6 Å². The topological polar surface area (TPSA) is 90.3 Å². The number of carbonyl (C=O) groups is 2. The predicted molar refractivity (Wildman–Crippen MR) is 89.4 cm³/mol. The van der Waals surface area contributed by atoms with E-state index in [1.165, 1.54) is 17.9 Å². The lowest BCUT2D eigenvalue weighted by molar-refractivity contribution is -0.146. The van der Waals surface area contributed by atoms with Crippen LogP contribution in [0.2, 0.25) is 0 Å². The van der Waals surface area contributed by atoms with Crippen LogP contribution in [0.15, 0.2) is 35.3 Å². The minimum absolute atomic E-state index is 0.0766. The van der Waals surface area contributed by atoms with Gasteiger partial charge in [0.05, 0.1) is 24.3 Å². The molecule has 0 bridgehead atoms. The summed E-state index contributed by atoms with van der Waals surface area (Å²) >= 11 is 0. The van der Waals surface area contributed by atoms with Crippen LogP contribution >= 0.6 is 0 Å². The predicted octanol–water partition coefficient (Wildman–Crippen LogP) is 1.10. The number of fused-ring (bicyclic) bond motifs is 1. The van der Waals surface area contributed by atoms with E-state index in [-0.39, 0.29) is 18.0 Å². The fourth-order valence-corrected chi connectivity index (χ4v) is 2.44. The summed E-state index contributed by atoms with van der Waals surface area (Å²) in [6.45, 7) is 3.59. The second kappa shape index (κ2) is 7.72. The minimum atomic E-state index is -0.740. The summed E-state index contributed by atoms with van der Waals surface area (Å²) in [6, 6.07) is 6.33. The summed E-state index contributed by atoms with van der Waals surface area (Å²) in [5.74, 6) is -0.999. The molecular formula is C17H21N3O4.